The number of carbonyl (C=O) groups is 1. The van der Waals surface area contributed by atoms with Gasteiger partial charge in [-0.05, 0) is 23.8 Å². The van der Waals surface area contributed by atoms with Crippen molar-refractivity contribution >= 4 is 21.6 Å². The number of amides is 1. The van der Waals surface area contributed by atoms with Gasteiger partial charge in [0.1, 0.15) is 10.6 Å². The zero-order valence-electron chi connectivity index (χ0n) is 19.0. The summed E-state index contributed by atoms with van der Waals surface area (Å²) in [4.78, 5) is 25.0. The van der Waals surface area contributed by atoms with Crippen molar-refractivity contribution in [3.8, 4) is 5.75 Å². The van der Waals surface area contributed by atoms with Crippen molar-refractivity contribution in [1.82, 2.24) is 9.21 Å². The predicted molar refractivity (Wildman–Crippen MR) is 127 cm³/mol. The third kappa shape index (κ3) is 5.41. The summed E-state index contributed by atoms with van der Waals surface area (Å²) in [7, 11) is 0.319. The summed E-state index contributed by atoms with van der Waals surface area (Å²) in [6.07, 6.45) is 0. The van der Waals surface area contributed by atoms with Crippen LogP contribution in [0.1, 0.15) is 21.5 Å². The van der Waals surface area contributed by atoms with E-state index in [0.29, 0.717) is 5.56 Å². The van der Waals surface area contributed by atoms with Crippen LogP contribution in [-0.4, -0.2) is 49.7 Å². The van der Waals surface area contributed by atoms with Gasteiger partial charge in [0.2, 0.25) is 10.0 Å². The molecule has 0 saturated carbocycles. The Morgan fingerprint density at radius 3 is 2.26 bits per heavy atom. The molecule has 0 aromatic heterocycles. The molecule has 9 nitrogen and oxygen atoms in total. The smallest absolute Gasteiger partial charge is 0.274 e. The number of hydrogen-bond donors (Lipinski definition) is 0. The molecule has 34 heavy (non-hydrogen) atoms. The number of nitro groups is 1. The monoisotopic (exact) mass is 483 g/mol. The second-order valence-electron chi connectivity index (χ2n) is 7.66. The van der Waals surface area contributed by atoms with E-state index < -0.39 is 20.9 Å². The second-order valence-corrected chi connectivity index (χ2v) is 9.67. The highest BCUT2D eigenvalue weighted by Gasteiger charge is 2.27. The van der Waals surface area contributed by atoms with Gasteiger partial charge in [0.15, 0.2) is 0 Å². The molecule has 0 bridgehead atoms. The van der Waals surface area contributed by atoms with E-state index in [1.807, 2.05) is 30.3 Å². The summed E-state index contributed by atoms with van der Waals surface area (Å²) in [6, 6.07) is 19.4. The predicted octanol–water partition coefficient (Wildman–Crippen LogP) is 3.70. The van der Waals surface area contributed by atoms with Gasteiger partial charge >= 0.3 is 0 Å². The molecule has 1 amide bonds. The van der Waals surface area contributed by atoms with E-state index in [1.165, 1.54) is 54.7 Å². The first-order valence-electron chi connectivity index (χ1n) is 10.3. The number of ether oxygens (including phenoxy) is 1. The number of rotatable bonds is 9. The fourth-order valence-corrected chi connectivity index (χ4v) is 4.81. The van der Waals surface area contributed by atoms with Crippen molar-refractivity contribution < 1.29 is 22.9 Å². The Bertz CT molecular complexity index is 1300. The summed E-state index contributed by atoms with van der Waals surface area (Å²) in [5, 5.41) is 11.3. The van der Waals surface area contributed by atoms with Gasteiger partial charge in [-0.15, -0.1) is 0 Å². The number of sulfonamides is 1. The van der Waals surface area contributed by atoms with Crippen LogP contribution in [0.5, 0.6) is 5.75 Å². The second kappa shape index (κ2) is 10.4. The van der Waals surface area contributed by atoms with Crippen LogP contribution in [0.25, 0.3) is 0 Å². The van der Waals surface area contributed by atoms with Crippen LogP contribution >= 0.6 is 0 Å². The van der Waals surface area contributed by atoms with Crippen molar-refractivity contribution in [2.24, 2.45) is 0 Å². The number of carbonyl (C=O) groups excluding carboxylic acids is 1. The maximum Gasteiger partial charge on any atom is 0.274 e. The first-order valence-corrected chi connectivity index (χ1v) is 11.7. The quantitative estimate of drug-likeness (QED) is 0.339. The van der Waals surface area contributed by atoms with Crippen LogP contribution in [0, 0.1) is 10.1 Å². The molecular weight excluding hydrogens is 458 g/mol. The van der Waals surface area contributed by atoms with E-state index in [9.17, 15) is 23.3 Å². The molecule has 0 saturated heterocycles. The highest BCUT2D eigenvalue weighted by molar-refractivity contribution is 7.89. The number of nitrogens with zero attached hydrogens (tertiary/aromatic N) is 3. The molecule has 3 aromatic rings. The molecule has 0 aliphatic rings. The SMILES string of the molecule is COc1ccc(C(=O)N(C)Cc2ccccc2[N+](=O)[O-])cc1S(=O)(=O)N(C)Cc1ccccc1. The molecular formula is C24H25N3O6S. The molecule has 0 N–H and O–H groups in total. The van der Waals surface area contributed by atoms with Crippen LogP contribution in [0.15, 0.2) is 77.7 Å². The molecule has 0 aliphatic carbocycles. The first kappa shape index (κ1) is 24.9. The van der Waals surface area contributed by atoms with Gasteiger partial charge in [-0.25, -0.2) is 8.42 Å². The van der Waals surface area contributed by atoms with Gasteiger partial charge in [0.05, 0.1) is 18.6 Å². The maximum atomic E-state index is 13.3. The van der Waals surface area contributed by atoms with Gasteiger partial charge in [0, 0.05) is 37.8 Å². The van der Waals surface area contributed by atoms with Gasteiger partial charge < -0.3 is 9.64 Å². The largest absolute Gasteiger partial charge is 0.495 e. The highest BCUT2D eigenvalue weighted by Crippen LogP contribution is 2.29. The molecule has 10 heteroatoms. The molecule has 0 spiro atoms. The molecule has 0 fully saturated rings. The highest BCUT2D eigenvalue weighted by atomic mass is 32.2. The van der Waals surface area contributed by atoms with Crippen molar-refractivity contribution in [3.63, 3.8) is 0 Å². The molecule has 0 atom stereocenters. The van der Waals surface area contributed by atoms with E-state index >= 15 is 0 Å². The molecule has 0 unspecified atom stereocenters. The average Bonchev–Trinajstić information content (AvgIpc) is 2.83. The minimum Gasteiger partial charge on any atom is -0.495 e. The van der Waals surface area contributed by atoms with Gasteiger partial charge in [-0.2, -0.15) is 4.31 Å². The number of methoxy groups -OCH3 is 1. The van der Waals surface area contributed by atoms with Crippen LogP contribution < -0.4 is 4.74 Å². The molecule has 0 aliphatic heterocycles. The van der Waals surface area contributed by atoms with E-state index in [-0.39, 0.29) is 35.0 Å². The Kier molecular flexibility index (Phi) is 7.64. The zero-order chi connectivity index (χ0) is 24.9. The van der Waals surface area contributed by atoms with E-state index in [0.717, 1.165) is 5.56 Å². The summed E-state index contributed by atoms with van der Waals surface area (Å²) in [5.74, 6) is -0.374. The van der Waals surface area contributed by atoms with E-state index in [4.69, 9.17) is 4.74 Å². The van der Waals surface area contributed by atoms with Crippen molar-refractivity contribution in [2.45, 2.75) is 18.0 Å². The lowest BCUT2D eigenvalue weighted by Gasteiger charge is -2.21. The normalized spacial score (nSPS) is 11.3. The van der Waals surface area contributed by atoms with Crippen LogP contribution in [0.3, 0.4) is 0 Å². The van der Waals surface area contributed by atoms with Gasteiger partial charge in [-0.3, -0.25) is 14.9 Å². The minimum atomic E-state index is -3.99. The van der Waals surface area contributed by atoms with Gasteiger partial charge in [0.25, 0.3) is 11.6 Å². The first-order chi connectivity index (χ1) is 16.1. The number of para-hydroxylation sites is 1. The molecule has 3 aromatic carbocycles. The number of nitro benzene ring substituents is 1. The van der Waals surface area contributed by atoms with Crippen molar-refractivity contribution in [3.05, 3.63) is 99.6 Å². The van der Waals surface area contributed by atoms with Crippen molar-refractivity contribution in [2.75, 3.05) is 21.2 Å². The Labute approximate surface area is 198 Å². The third-order valence-electron chi connectivity index (χ3n) is 5.29. The summed E-state index contributed by atoms with van der Waals surface area (Å²) in [5.41, 5.74) is 1.20. The molecule has 0 heterocycles. The molecule has 178 valence electrons. The molecule has 3 rings (SSSR count). The Balaban J connectivity index is 1.89. The lowest BCUT2D eigenvalue weighted by molar-refractivity contribution is -0.385. The molecule has 0 radical (unpaired) electrons. The van der Waals surface area contributed by atoms with E-state index in [1.54, 1.807) is 18.2 Å². The van der Waals surface area contributed by atoms with Crippen LogP contribution in [0.2, 0.25) is 0 Å². The third-order valence-corrected chi connectivity index (χ3v) is 7.11. The van der Waals surface area contributed by atoms with Crippen molar-refractivity contribution in [1.29, 1.82) is 0 Å². The average molecular weight is 484 g/mol. The fraction of sp³-hybridized carbons (Fsp3) is 0.208. The lowest BCUT2D eigenvalue weighted by atomic mass is 10.1. The standard InChI is InChI=1S/C24H25N3O6S/c1-25(17-20-11-7-8-12-21(20)27(29)30)24(28)19-13-14-22(33-3)23(15-19)34(31,32)26(2)16-18-9-5-4-6-10-18/h4-15H,16-17H2,1-3H3. The maximum absolute atomic E-state index is 13.3. The minimum absolute atomic E-state index is 0.0159. The Morgan fingerprint density at radius 2 is 1.62 bits per heavy atom. The summed E-state index contributed by atoms with van der Waals surface area (Å²) < 4.78 is 33.1. The summed E-state index contributed by atoms with van der Waals surface area (Å²) >= 11 is 0. The topological polar surface area (TPSA) is 110 Å². The van der Waals surface area contributed by atoms with E-state index in [2.05, 4.69) is 0 Å². The fourth-order valence-electron chi connectivity index (χ4n) is 3.48. The lowest BCUT2D eigenvalue weighted by Crippen LogP contribution is -2.29. The Hall–Kier alpha value is -3.76. The zero-order valence-corrected chi connectivity index (χ0v) is 19.9. The van der Waals surface area contributed by atoms with Crippen LogP contribution in [-0.2, 0) is 23.1 Å². The summed E-state index contributed by atoms with van der Waals surface area (Å²) in [6.45, 7) is 0.125. The van der Waals surface area contributed by atoms with Gasteiger partial charge in [-0.1, -0.05) is 48.5 Å². The number of benzene rings is 3. The Morgan fingerprint density at radius 1 is 0.971 bits per heavy atom. The number of hydrogen-bond acceptors (Lipinski definition) is 6. The van der Waals surface area contributed by atoms with Crippen LogP contribution in [0.4, 0.5) is 5.69 Å².